The molecule has 0 spiro atoms. The molecule has 0 aromatic carbocycles. The standard InChI is InChI=1S/C24H42I2N2S2Si2.C24H44N2S2Si2/c1-13(2)31(14(3)4,15(5)6)23-27-21(25)19(29-23)20-22(26)28-24(30-20)32(16(7)8,17(9)10)18(11)12;1-15(2)29(16(3)4,17(5)6)23-25-13-21(27-23)22-14-26-24(28-22)30(18(7)8,19(9)10)20(11)12/h13-18H,1-12H3;13-20H,1-12H3. The fraction of sp³-hybridized carbons (Fsp3) is 0.750. The quantitative estimate of drug-likeness (QED) is 0.0736. The van der Waals surface area contributed by atoms with E-state index >= 15 is 0 Å². The number of aromatic nitrogens is 4. The van der Waals surface area contributed by atoms with Crippen LogP contribution in [-0.4, -0.2) is 52.2 Å². The maximum Gasteiger partial charge on any atom is 0.131 e. The molecule has 4 aromatic heterocycles. The van der Waals surface area contributed by atoms with Crippen molar-refractivity contribution in [1.82, 2.24) is 19.9 Å². The zero-order valence-corrected chi connectivity index (χ0v) is 54.8. The minimum atomic E-state index is -1.75. The topological polar surface area (TPSA) is 51.6 Å². The minimum Gasteiger partial charge on any atom is -0.254 e. The summed E-state index contributed by atoms with van der Waals surface area (Å²) in [4.78, 5) is 26.1. The minimum absolute atomic E-state index is 0.677. The fourth-order valence-corrected chi connectivity index (χ4v) is 54.9. The molecule has 62 heavy (non-hydrogen) atoms. The van der Waals surface area contributed by atoms with Crippen molar-refractivity contribution in [1.29, 1.82) is 0 Å². The van der Waals surface area contributed by atoms with Gasteiger partial charge in [-0.3, -0.25) is 9.97 Å². The molecule has 0 amide bonds. The van der Waals surface area contributed by atoms with Gasteiger partial charge in [-0.2, -0.15) is 0 Å². The first kappa shape index (κ1) is 57.2. The first-order valence-electron chi connectivity index (χ1n) is 23.8. The van der Waals surface area contributed by atoms with Gasteiger partial charge in [0.05, 0.1) is 38.0 Å². The van der Waals surface area contributed by atoms with Gasteiger partial charge in [0.25, 0.3) is 0 Å². The molecule has 4 rings (SSSR count). The van der Waals surface area contributed by atoms with Crippen LogP contribution in [0.3, 0.4) is 0 Å². The molecular weight excluding hydrogens is 1130 g/mol. The summed E-state index contributed by atoms with van der Waals surface area (Å²) in [6.45, 7) is 58.3. The molecule has 4 heterocycles. The van der Waals surface area contributed by atoms with Crippen molar-refractivity contribution in [3.8, 4) is 19.5 Å². The molecule has 0 aliphatic rings. The van der Waals surface area contributed by atoms with Gasteiger partial charge in [0, 0.05) is 12.4 Å². The fourth-order valence-electron chi connectivity index (χ4n) is 13.4. The lowest BCUT2D eigenvalue weighted by Gasteiger charge is -2.41. The highest BCUT2D eigenvalue weighted by Gasteiger charge is 2.51. The second-order valence-corrected chi connectivity index (χ2v) is 52.7. The lowest BCUT2D eigenvalue weighted by Crippen LogP contribution is -2.55. The van der Waals surface area contributed by atoms with Crippen molar-refractivity contribution in [2.75, 3.05) is 0 Å². The molecule has 0 aliphatic heterocycles. The van der Waals surface area contributed by atoms with Crippen LogP contribution in [0.25, 0.3) is 19.5 Å². The predicted molar refractivity (Wildman–Crippen MR) is 315 cm³/mol. The van der Waals surface area contributed by atoms with E-state index in [0.29, 0.717) is 66.5 Å². The van der Waals surface area contributed by atoms with E-state index in [4.69, 9.17) is 19.9 Å². The molecule has 14 heteroatoms. The SMILES string of the molecule is CC(C)[Si](c1nc(I)c(-c2sc([Si](C(C)C)(C(C)C)C(C)C)nc2I)s1)(C(C)C)C(C)C.CC(C)[Si](c1ncc(-c2cnc([Si](C(C)C)(C(C)C)C(C)C)s2)s1)(C(C)C)C(C)C. The molecule has 0 atom stereocenters. The van der Waals surface area contributed by atoms with E-state index in [-0.39, 0.29) is 0 Å². The van der Waals surface area contributed by atoms with Gasteiger partial charge in [0.15, 0.2) is 0 Å². The zero-order chi connectivity index (χ0) is 47.8. The molecular formula is C48H86I2N4S4Si4. The largest absolute Gasteiger partial charge is 0.254 e. The summed E-state index contributed by atoms with van der Waals surface area (Å²) >= 11 is 12.9. The second kappa shape index (κ2) is 22.5. The van der Waals surface area contributed by atoms with Crippen LogP contribution >= 0.6 is 90.5 Å². The summed E-state index contributed by atoms with van der Waals surface area (Å²) in [7, 11) is -6.91. The monoisotopic (exact) mass is 1210 g/mol. The molecule has 0 saturated heterocycles. The van der Waals surface area contributed by atoms with Gasteiger partial charge < -0.3 is 0 Å². The first-order valence-corrected chi connectivity index (χ1v) is 38.1. The molecule has 0 N–H and O–H groups in total. The summed E-state index contributed by atoms with van der Waals surface area (Å²) in [5, 5.41) is 0. The van der Waals surface area contributed by atoms with E-state index in [1.165, 1.54) is 45.4 Å². The van der Waals surface area contributed by atoms with E-state index in [0.717, 1.165) is 0 Å². The van der Waals surface area contributed by atoms with Crippen LogP contribution in [0.1, 0.15) is 166 Å². The number of hydrogen-bond acceptors (Lipinski definition) is 8. The third-order valence-electron chi connectivity index (χ3n) is 15.6. The van der Waals surface area contributed by atoms with Crippen molar-refractivity contribution in [3.05, 3.63) is 19.8 Å². The van der Waals surface area contributed by atoms with Gasteiger partial charge in [-0.05, 0) is 112 Å². The highest BCUT2D eigenvalue weighted by Crippen LogP contribution is 2.48. The Morgan fingerprint density at radius 3 is 0.710 bits per heavy atom. The zero-order valence-electron chi connectivity index (χ0n) is 43.3. The lowest BCUT2D eigenvalue weighted by atomic mass is 10.5. The average Bonchev–Trinajstić information content (AvgIpc) is 3.92. The van der Waals surface area contributed by atoms with Gasteiger partial charge in [0.2, 0.25) is 0 Å². The number of thiazole rings is 4. The Kier molecular flexibility index (Phi) is 20.8. The smallest absolute Gasteiger partial charge is 0.131 e. The predicted octanol–water partition coefficient (Wildman–Crippen LogP) is 17.3. The van der Waals surface area contributed by atoms with Crippen LogP contribution in [0.15, 0.2) is 12.4 Å². The van der Waals surface area contributed by atoms with Gasteiger partial charge in [0.1, 0.15) is 39.7 Å². The Morgan fingerprint density at radius 2 is 0.516 bits per heavy atom. The van der Waals surface area contributed by atoms with Crippen LogP contribution in [0.4, 0.5) is 0 Å². The molecule has 0 aliphatic carbocycles. The molecule has 0 radical (unpaired) electrons. The van der Waals surface area contributed by atoms with Crippen molar-refractivity contribution in [2.45, 2.75) is 233 Å². The lowest BCUT2D eigenvalue weighted by molar-refractivity contribution is 0.833. The molecule has 352 valence electrons. The Morgan fingerprint density at radius 1 is 0.323 bits per heavy atom. The van der Waals surface area contributed by atoms with Crippen LogP contribution in [0, 0.1) is 7.40 Å². The number of nitrogens with zero attached hydrogens (tertiary/aromatic N) is 4. The Bertz CT molecular complexity index is 1790. The maximum absolute atomic E-state index is 5.29. The summed E-state index contributed by atoms with van der Waals surface area (Å²) in [5.41, 5.74) is 8.21. The summed E-state index contributed by atoms with van der Waals surface area (Å²) in [5.74, 6) is 0. The molecule has 4 aromatic rings. The average molecular weight is 1210 g/mol. The molecule has 0 fully saturated rings. The second-order valence-electron chi connectivity index (χ2n) is 21.9. The highest BCUT2D eigenvalue weighted by atomic mass is 127. The van der Waals surface area contributed by atoms with Crippen LogP contribution < -0.4 is 18.5 Å². The van der Waals surface area contributed by atoms with Crippen LogP contribution in [0.5, 0.6) is 0 Å². The summed E-state index contributed by atoms with van der Waals surface area (Å²) in [6.07, 6.45) is 4.30. The van der Waals surface area contributed by atoms with Crippen molar-refractivity contribution in [2.24, 2.45) is 0 Å². The van der Waals surface area contributed by atoms with Crippen molar-refractivity contribution in [3.63, 3.8) is 0 Å². The van der Waals surface area contributed by atoms with Crippen molar-refractivity contribution < 1.29 is 0 Å². The molecule has 0 bridgehead atoms. The molecule has 0 unspecified atom stereocenters. The van der Waals surface area contributed by atoms with Gasteiger partial charge in [-0.15, -0.1) is 45.3 Å². The van der Waals surface area contributed by atoms with Gasteiger partial charge in [-0.25, -0.2) is 9.97 Å². The van der Waals surface area contributed by atoms with E-state index < -0.39 is 32.3 Å². The highest BCUT2D eigenvalue weighted by molar-refractivity contribution is 14.1. The summed E-state index contributed by atoms with van der Waals surface area (Å²) < 4.78 is 8.13. The van der Waals surface area contributed by atoms with Gasteiger partial charge >= 0.3 is 0 Å². The third kappa shape index (κ3) is 10.1. The maximum atomic E-state index is 5.29. The normalized spacial score (nSPS) is 13.8. The first-order chi connectivity index (χ1) is 28.5. The third-order valence-corrected chi connectivity index (χ3v) is 53.4. The molecule has 4 nitrogen and oxygen atoms in total. The number of hydrogen-bond donors (Lipinski definition) is 0. The Labute approximate surface area is 428 Å². The number of halogens is 2. The van der Waals surface area contributed by atoms with Crippen molar-refractivity contribution >= 4 is 141 Å². The Hall–Kier alpha value is 0.848. The molecule has 0 saturated carbocycles. The van der Waals surface area contributed by atoms with E-state index in [9.17, 15) is 0 Å². The van der Waals surface area contributed by atoms with Crippen LogP contribution in [-0.2, 0) is 0 Å². The summed E-state index contributed by atoms with van der Waals surface area (Å²) in [6, 6.07) is 0. The number of rotatable bonds is 18. The van der Waals surface area contributed by atoms with E-state index in [1.807, 2.05) is 45.3 Å². The van der Waals surface area contributed by atoms with Gasteiger partial charge in [-0.1, -0.05) is 166 Å². The van der Waals surface area contributed by atoms with Crippen LogP contribution in [0.2, 0.25) is 66.5 Å². The Balaban J connectivity index is 0.000000331. The van der Waals surface area contributed by atoms with E-state index in [2.05, 4.69) is 224 Å². The van der Waals surface area contributed by atoms with E-state index in [1.54, 1.807) is 0 Å².